The van der Waals surface area contributed by atoms with Gasteiger partial charge in [0.2, 0.25) is 0 Å². The predicted octanol–water partition coefficient (Wildman–Crippen LogP) is 2.86. The zero-order valence-corrected chi connectivity index (χ0v) is 11.8. The number of benzene rings is 1. The van der Waals surface area contributed by atoms with Crippen molar-refractivity contribution < 1.29 is 0 Å². The summed E-state index contributed by atoms with van der Waals surface area (Å²) in [5.41, 5.74) is 4.14. The average molecular weight is 283 g/mol. The molecule has 1 aromatic rings. The number of hydrogen-bond donors (Lipinski definition) is 1. The molecule has 1 saturated heterocycles. The van der Waals surface area contributed by atoms with Gasteiger partial charge >= 0.3 is 0 Å². The molecule has 1 aromatic carbocycles. The van der Waals surface area contributed by atoms with Gasteiger partial charge in [-0.05, 0) is 44.0 Å². The maximum absolute atomic E-state index is 3.55. The first-order chi connectivity index (χ1) is 7.58. The van der Waals surface area contributed by atoms with Crippen molar-refractivity contribution >= 4 is 21.6 Å². The quantitative estimate of drug-likeness (QED) is 0.852. The number of nitrogens with zero attached hydrogens (tertiary/aromatic N) is 1. The van der Waals surface area contributed by atoms with Crippen molar-refractivity contribution in [3.8, 4) is 0 Å². The highest BCUT2D eigenvalue weighted by Crippen LogP contribution is 2.29. The fourth-order valence-electron chi connectivity index (χ4n) is 2.54. The van der Waals surface area contributed by atoms with E-state index in [1.165, 1.54) is 21.3 Å². The van der Waals surface area contributed by atoms with E-state index in [9.17, 15) is 0 Å². The standard InChI is InChI=1S/C13H19BrN2/c1-9-6-12(14)7-10(2)13(9)16-5-4-15-11(3)8-16/h6-7,11,15H,4-5,8H2,1-3H3. The monoisotopic (exact) mass is 282 g/mol. The third-order valence-electron chi connectivity index (χ3n) is 3.14. The Bertz CT molecular complexity index is 367. The summed E-state index contributed by atoms with van der Waals surface area (Å²) < 4.78 is 1.18. The number of piperazine rings is 1. The molecule has 1 aliphatic heterocycles. The van der Waals surface area contributed by atoms with Gasteiger partial charge in [0, 0.05) is 35.8 Å². The Morgan fingerprint density at radius 3 is 2.50 bits per heavy atom. The fraction of sp³-hybridized carbons (Fsp3) is 0.538. The third kappa shape index (κ3) is 2.41. The van der Waals surface area contributed by atoms with Crippen molar-refractivity contribution in [1.82, 2.24) is 5.32 Å². The smallest absolute Gasteiger partial charge is 0.0427 e. The van der Waals surface area contributed by atoms with E-state index in [0.717, 1.165) is 19.6 Å². The molecule has 88 valence electrons. The molecular formula is C13H19BrN2. The molecule has 0 spiro atoms. The maximum Gasteiger partial charge on any atom is 0.0427 e. The number of anilines is 1. The summed E-state index contributed by atoms with van der Waals surface area (Å²) >= 11 is 3.55. The van der Waals surface area contributed by atoms with E-state index in [2.05, 4.69) is 59.1 Å². The molecule has 0 amide bonds. The van der Waals surface area contributed by atoms with Crippen LogP contribution in [-0.2, 0) is 0 Å². The number of aryl methyl sites for hydroxylation is 2. The Kier molecular flexibility index (Phi) is 3.55. The second kappa shape index (κ2) is 4.76. The van der Waals surface area contributed by atoms with E-state index < -0.39 is 0 Å². The van der Waals surface area contributed by atoms with Gasteiger partial charge in [0.15, 0.2) is 0 Å². The molecule has 2 nitrogen and oxygen atoms in total. The van der Waals surface area contributed by atoms with Crippen LogP contribution >= 0.6 is 15.9 Å². The predicted molar refractivity (Wildman–Crippen MR) is 73.3 cm³/mol. The first-order valence-electron chi connectivity index (χ1n) is 5.83. The Hall–Kier alpha value is -0.540. The van der Waals surface area contributed by atoms with Crippen LogP contribution in [0.25, 0.3) is 0 Å². The molecule has 1 N–H and O–H groups in total. The summed E-state index contributed by atoms with van der Waals surface area (Å²) in [5, 5.41) is 3.48. The Labute approximate surface area is 106 Å². The minimum Gasteiger partial charge on any atom is -0.368 e. The first-order valence-corrected chi connectivity index (χ1v) is 6.62. The lowest BCUT2D eigenvalue weighted by molar-refractivity contribution is 0.484. The molecule has 1 aliphatic rings. The highest BCUT2D eigenvalue weighted by molar-refractivity contribution is 9.10. The lowest BCUT2D eigenvalue weighted by Crippen LogP contribution is -2.49. The molecule has 16 heavy (non-hydrogen) atoms. The Morgan fingerprint density at radius 1 is 1.31 bits per heavy atom. The van der Waals surface area contributed by atoms with Gasteiger partial charge in [-0.25, -0.2) is 0 Å². The van der Waals surface area contributed by atoms with E-state index in [1.54, 1.807) is 0 Å². The molecule has 0 aromatic heterocycles. The van der Waals surface area contributed by atoms with Crippen LogP contribution in [-0.4, -0.2) is 25.7 Å². The number of halogens is 1. The summed E-state index contributed by atoms with van der Waals surface area (Å²) in [6, 6.07) is 4.99. The summed E-state index contributed by atoms with van der Waals surface area (Å²) in [6.45, 7) is 9.92. The van der Waals surface area contributed by atoms with Crippen LogP contribution in [0.3, 0.4) is 0 Å². The summed E-state index contributed by atoms with van der Waals surface area (Å²) in [4.78, 5) is 2.50. The van der Waals surface area contributed by atoms with Crippen molar-refractivity contribution in [1.29, 1.82) is 0 Å². The van der Waals surface area contributed by atoms with Crippen molar-refractivity contribution in [2.24, 2.45) is 0 Å². The molecule has 0 aliphatic carbocycles. The topological polar surface area (TPSA) is 15.3 Å². The molecular weight excluding hydrogens is 264 g/mol. The summed E-state index contributed by atoms with van der Waals surface area (Å²) in [5.74, 6) is 0. The van der Waals surface area contributed by atoms with Crippen molar-refractivity contribution in [2.75, 3.05) is 24.5 Å². The van der Waals surface area contributed by atoms with Crippen LogP contribution in [0.1, 0.15) is 18.1 Å². The van der Waals surface area contributed by atoms with Gasteiger partial charge in [-0.15, -0.1) is 0 Å². The van der Waals surface area contributed by atoms with Crippen molar-refractivity contribution in [3.63, 3.8) is 0 Å². The second-order valence-corrected chi connectivity index (χ2v) is 5.61. The highest BCUT2D eigenvalue weighted by atomic mass is 79.9. The van der Waals surface area contributed by atoms with Gasteiger partial charge in [-0.1, -0.05) is 15.9 Å². The minimum absolute atomic E-state index is 0.580. The Balaban J connectivity index is 2.32. The van der Waals surface area contributed by atoms with E-state index in [4.69, 9.17) is 0 Å². The van der Waals surface area contributed by atoms with Crippen molar-refractivity contribution in [2.45, 2.75) is 26.8 Å². The van der Waals surface area contributed by atoms with Gasteiger partial charge in [0.05, 0.1) is 0 Å². The molecule has 2 rings (SSSR count). The zero-order chi connectivity index (χ0) is 11.7. The van der Waals surface area contributed by atoms with E-state index >= 15 is 0 Å². The molecule has 1 atom stereocenters. The lowest BCUT2D eigenvalue weighted by Gasteiger charge is -2.35. The highest BCUT2D eigenvalue weighted by Gasteiger charge is 2.18. The van der Waals surface area contributed by atoms with Crippen LogP contribution < -0.4 is 10.2 Å². The molecule has 1 heterocycles. The SMILES string of the molecule is Cc1cc(Br)cc(C)c1N1CCNC(C)C1. The fourth-order valence-corrected chi connectivity index (χ4v) is 3.22. The van der Waals surface area contributed by atoms with Crippen LogP contribution in [0.4, 0.5) is 5.69 Å². The molecule has 3 heteroatoms. The van der Waals surface area contributed by atoms with Gasteiger partial charge in [-0.2, -0.15) is 0 Å². The molecule has 0 saturated carbocycles. The number of nitrogens with one attached hydrogen (secondary N) is 1. The molecule has 0 radical (unpaired) electrons. The van der Waals surface area contributed by atoms with Gasteiger partial charge < -0.3 is 10.2 Å². The average Bonchev–Trinajstić information content (AvgIpc) is 2.15. The third-order valence-corrected chi connectivity index (χ3v) is 3.60. The minimum atomic E-state index is 0.580. The lowest BCUT2D eigenvalue weighted by atomic mass is 10.1. The molecule has 1 unspecified atom stereocenters. The zero-order valence-electron chi connectivity index (χ0n) is 10.2. The maximum atomic E-state index is 3.55. The number of rotatable bonds is 1. The second-order valence-electron chi connectivity index (χ2n) is 4.69. The largest absolute Gasteiger partial charge is 0.368 e. The molecule has 0 bridgehead atoms. The van der Waals surface area contributed by atoms with Gasteiger partial charge in [0.25, 0.3) is 0 Å². The van der Waals surface area contributed by atoms with Gasteiger partial charge in [-0.3, -0.25) is 0 Å². The van der Waals surface area contributed by atoms with E-state index in [-0.39, 0.29) is 0 Å². The van der Waals surface area contributed by atoms with Crippen molar-refractivity contribution in [3.05, 3.63) is 27.7 Å². The van der Waals surface area contributed by atoms with Crippen LogP contribution in [0.15, 0.2) is 16.6 Å². The summed E-state index contributed by atoms with van der Waals surface area (Å²) in [7, 11) is 0. The van der Waals surface area contributed by atoms with Gasteiger partial charge in [0.1, 0.15) is 0 Å². The Morgan fingerprint density at radius 2 is 1.94 bits per heavy atom. The van der Waals surface area contributed by atoms with E-state index in [0.29, 0.717) is 6.04 Å². The summed E-state index contributed by atoms with van der Waals surface area (Å²) in [6.07, 6.45) is 0. The normalized spacial score (nSPS) is 21.2. The van der Waals surface area contributed by atoms with Crippen LogP contribution in [0, 0.1) is 13.8 Å². The van der Waals surface area contributed by atoms with Crippen LogP contribution in [0.5, 0.6) is 0 Å². The first kappa shape index (κ1) is 11.9. The number of hydrogen-bond acceptors (Lipinski definition) is 2. The van der Waals surface area contributed by atoms with Crippen LogP contribution in [0.2, 0.25) is 0 Å². The van der Waals surface area contributed by atoms with E-state index in [1.807, 2.05) is 0 Å². The molecule has 1 fully saturated rings.